The second-order valence-corrected chi connectivity index (χ2v) is 8.18. The van der Waals surface area contributed by atoms with E-state index in [0.717, 1.165) is 43.5 Å². The summed E-state index contributed by atoms with van der Waals surface area (Å²) in [6, 6.07) is 10.3. The summed E-state index contributed by atoms with van der Waals surface area (Å²) >= 11 is 0. The quantitative estimate of drug-likeness (QED) is 0.655. The average Bonchev–Trinajstić information content (AvgIpc) is 2.79. The molecule has 2 aromatic carbocycles. The molecule has 7 nitrogen and oxygen atoms in total. The van der Waals surface area contributed by atoms with Gasteiger partial charge in [-0.05, 0) is 56.2 Å². The molecule has 168 valence electrons. The lowest BCUT2D eigenvalue weighted by atomic mass is 10.1. The Morgan fingerprint density at radius 3 is 2.66 bits per heavy atom. The molecule has 3 aromatic rings. The molecule has 0 radical (unpaired) electrons. The molecule has 32 heavy (non-hydrogen) atoms. The second-order valence-electron chi connectivity index (χ2n) is 8.18. The molecule has 0 saturated carbocycles. The van der Waals surface area contributed by atoms with E-state index in [0.29, 0.717) is 34.5 Å². The summed E-state index contributed by atoms with van der Waals surface area (Å²) in [5, 5.41) is 3.56. The van der Waals surface area contributed by atoms with Crippen LogP contribution in [0.1, 0.15) is 60.4 Å². The molecule has 7 heteroatoms. The van der Waals surface area contributed by atoms with E-state index >= 15 is 0 Å². The average molecular weight is 436 g/mol. The SMILES string of the molecule is COc1ccc(OC)c([C@H](C)NC(=O)c2ccc3c(=O)n4c(nc3c2)CCCCCC4)c1. The molecule has 1 N–H and O–H groups in total. The number of rotatable bonds is 5. The van der Waals surface area contributed by atoms with E-state index in [1.165, 1.54) is 0 Å². The minimum Gasteiger partial charge on any atom is -0.497 e. The monoisotopic (exact) mass is 435 g/mol. The third-order valence-electron chi connectivity index (χ3n) is 6.08. The fraction of sp³-hybridized carbons (Fsp3) is 0.400. The predicted octanol–water partition coefficient (Wildman–Crippen LogP) is 4.02. The van der Waals surface area contributed by atoms with E-state index in [1.807, 2.05) is 25.1 Å². The highest BCUT2D eigenvalue weighted by atomic mass is 16.5. The number of hydrogen-bond acceptors (Lipinski definition) is 5. The molecule has 2 heterocycles. The smallest absolute Gasteiger partial charge is 0.261 e. The van der Waals surface area contributed by atoms with Gasteiger partial charge in [0, 0.05) is 24.1 Å². The van der Waals surface area contributed by atoms with Gasteiger partial charge in [-0.1, -0.05) is 12.8 Å². The van der Waals surface area contributed by atoms with Crippen molar-refractivity contribution in [1.82, 2.24) is 14.9 Å². The van der Waals surface area contributed by atoms with E-state index in [4.69, 9.17) is 14.5 Å². The summed E-state index contributed by atoms with van der Waals surface area (Å²) in [5.74, 6) is 1.94. The largest absolute Gasteiger partial charge is 0.497 e. The zero-order chi connectivity index (χ0) is 22.7. The van der Waals surface area contributed by atoms with Gasteiger partial charge in [-0.2, -0.15) is 0 Å². The van der Waals surface area contributed by atoms with Crippen LogP contribution in [-0.2, 0) is 13.0 Å². The summed E-state index contributed by atoms with van der Waals surface area (Å²) in [6.07, 6.45) is 5.10. The Balaban J connectivity index is 1.63. The number of aryl methyl sites for hydroxylation is 1. The number of hydrogen-bond donors (Lipinski definition) is 1. The third-order valence-corrected chi connectivity index (χ3v) is 6.08. The Bertz CT molecular complexity index is 1200. The minimum absolute atomic E-state index is 0.0201. The number of nitrogens with one attached hydrogen (secondary N) is 1. The Kier molecular flexibility index (Phi) is 6.44. The zero-order valence-electron chi connectivity index (χ0n) is 18.8. The summed E-state index contributed by atoms with van der Waals surface area (Å²) in [6.45, 7) is 2.60. The first-order chi connectivity index (χ1) is 15.5. The molecule has 1 atom stereocenters. The predicted molar refractivity (Wildman–Crippen MR) is 124 cm³/mol. The van der Waals surface area contributed by atoms with Crippen molar-refractivity contribution in [2.45, 2.75) is 51.6 Å². The van der Waals surface area contributed by atoms with Gasteiger partial charge in [0.05, 0.1) is 31.2 Å². The van der Waals surface area contributed by atoms with Gasteiger partial charge in [-0.25, -0.2) is 4.98 Å². The lowest BCUT2D eigenvalue weighted by Crippen LogP contribution is -2.28. The van der Waals surface area contributed by atoms with Gasteiger partial charge in [0.1, 0.15) is 17.3 Å². The molecule has 1 amide bonds. The van der Waals surface area contributed by atoms with Gasteiger partial charge in [-0.15, -0.1) is 0 Å². The van der Waals surface area contributed by atoms with Crippen molar-refractivity contribution in [3.63, 3.8) is 0 Å². The number of benzene rings is 2. The number of carbonyl (C=O) groups is 1. The van der Waals surface area contributed by atoms with Crippen LogP contribution >= 0.6 is 0 Å². The van der Waals surface area contributed by atoms with Gasteiger partial charge >= 0.3 is 0 Å². The van der Waals surface area contributed by atoms with Crippen molar-refractivity contribution < 1.29 is 14.3 Å². The molecule has 1 aliphatic rings. The van der Waals surface area contributed by atoms with E-state index in [1.54, 1.807) is 37.0 Å². The summed E-state index contributed by atoms with van der Waals surface area (Å²) in [5.41, 5.74) is 1.84. The van der Waals surface area contributed by atoms with Crippen LogP contribution in [0.15, 0.2) is 41.2 Å². The van der Waals surface area contributed by atoms with Gasteiger partial charge in [0.25, 0.3) is 11.5 Å². The van der Waals surface area contributed by atoms with E-state index < -0.39 is 0 Å². The Hall–Kier alpha value is -3.35. The maximum Gasteiger partial charge on any atom is 0.261 e. The number of methoxy groups -OCH3 is 2. The molecule has 1 aliphatic heterocycles. The van der Waals surface area contributed by atoms with E-state index in [2.05, 4.69) is 5.32 Å². The number of amides is 1. The van der Waals surface area contributed by atoms with Crippen molar-refractivity contribution in [3.8, 4) is 11.5 Å². The first-order valence-electron chi connectivity index (χ1n) is 11.1. The molecule has 0 unspecified atom stereocenters. The van der Waals surface area contributed by atoms with E-state index in [-0.39, 0.29) is 17.5 Å². The highest BCUT2D eigenvalue weighted by Gasteiger charge is 2.18. The molecule has 1 aromatic heterocycles. The highest BCUT2D eigenvalue weighted by Crippen LogP contribution is 2.29. The van der Waals surface area contributed by atoms with Crippen LogP contribution in [0.5, 0.6) is 11.5 Å². The lowest BCUT2D eigenvalue weighted by Gasteiger charge is -2.19. The van der Waals surface area contributed by atoms with Gasteiger partial charge in [0.15, 0.2) is 0 Å². The highest BCUT2D eigenvalue weighted by molar-refractivity contribution is 5.97. The van der Waals surface area contributed by atoms with Gasteiger partial charge in [0.2, 0.25) is 0 Å². The maximum atomic E-state index is 13.0. The molecule has 0 saturated heterocycles. The summed E-state index contributed by atoms with van der Waals surface area (Å²) in [4.78, 5) is 30.8. The Labute approximate surface area is 187 Å². The normalized spacial score (nSPS) is 14.7. The van der Waals surface area contributed by atoms with Crippen LogP contribution in [0.4, 0.5) is 0 Å². The first-order valence-corrected chi connectivity index (χ1v) is 11.1. The Morgan fingerprint density at radius 1 is 1.06 bits per heavy atom. The fourth-order valence-corrected chi connectivity index (χ4v) is 4.27. The van der Waals surface area contributed by atoms with Crippen LogP contribution in [0.3, 0.4) is 0 Å². The van der Waals surface area contributed by atoms with Gasteiger partial charge in [-0.3, -0.25) is 14.2 Å². The lowest BCUT2D eigenvalue weighted by molar-refractivity contribution is 0.0939. The van der Waals surface area contributed by atoms with Crippen molar-refractivity contribution in [2.24, 2.45) is 0 Å². The molecule has 0 fully saturated rings. The van der Waals surface area contributed by atoms with Crippen LogP contribution in [0, 0.1) is 0 Å². The number of carbonyl (C=O) groups excluding carboxylic acids is 1. The van der Waals surface area contributed by atoms with Crippen LogP contribution in [0.2, 0.25) is 0 Å². The molecule has 0 spiro atoms. The fourth-order valence-electron chi connectivity index (χ4n) is 4.27. The van der Waals surface area contributed by atoms with E-state index in [9.17, 15) is 9.59 Å². The molecule has 0 aliphatic carbocycles. The molecular formula is C25H29N3O4. The van der Waals surface area contributed by atoms with Crippen molar-refractivity contribution in [3.05, 3.63) is 63.7 Å². The number of ether oxygens (including phenoxy) is 2. The zero-order valence-corrected chi connectivity index (χ0v) is 18.8. The van der Waals surface area contributed by atoms with Crippen molar-refractivity contribution in [1.29, 1.82) is 0 Å². The standard InChI is InChI=1S/C25H29N3O4/c1-16(20-15-18(31-2)10-12-22(20)32-3)26-24(29)17-9-11-19-21(14-17)27-23-8-6-4-5-7-13-28(23)25(19)30/h9-12,14-16H,4-8,13H2,1-3H3,(H,26,29)/t16-/m0/s1. The number of aromatic nitrogens is 2. The van der Waals surface area contributed by atoms with Crippen LogP contribution < -0.4 is 20.3 Å². The number of fused-ring (bicyclic) bond motifs is 2. The second kappa shape index (κ2) is 9.42. The Morgan fingerprint density at radius 2 is 1.88 bits per heavy atom. The minimum atomic E-state index is -0.308. The van der Waals surface area contributed by atoms with Crippen molar-refractivity contribution in [2.75, 3.05) is 14.2 Å². The third kappa shape index (κ3) is 4.33. The number of nitrogens with zero attached hydrogens (tertiary/aromatic N) is 2. The molecular weight excluding hydrogens is 406 g/mol. The van der Waals surface area contributed by atoms with Crippen LogP contribution in [-0.4, -0.2) is 29.7 Å². The first kappa shape index (κ1) is 21.9. The maximum absolute atomic E-state index is 13.0. The topological polar surface area (TPSA) is 82.5 Å². The van der Waals surface area contributed by atoms with Crippen molar-refractivity contribution >= 4 is 16.8 Å². The summed E-state index contributed by atoms with van der Waals surface area (Å²) < 4.78 is 12.6. The molecule has 4 rings (SSSR count). The van der Waals surface area contributed by atoms with Gasteiger partial charge < -0.3 is 14.8 Å². The molecule has 0 bridgehead atoms. The van der Waals surface area contributed by atoms with Crippen LogP contribution in [0.25, 0.3) is 10.9 Å². The summed E-state index contributed by atoms with van der Waals surface area (Å²) in [7, 11) is 3.19.